The minimum Gasteiger partial charge on any atom is -0.395 e. The van der Waals surface area contributed by atoms with E-state index >= 15 is 0 Å². The average Bonchev–Trinajstić information content (AvgIpc) is 2.73. The summed E-state index contributed by atoms with van der Waals surface area (Å²) in [6, 6.07) is 0. The summed E-state index contributed by atoms with van der Waals surface area (Å²) in [5.74, 6) is 0.291. The molecule has 0 saturated carbocycles. The van der Waals surface area contributed by atoms with Crippen LogP contribution in [0.25, 0.3) is 0 Å². The Bertz CT molecular complexity index is 384. The summed E-state index contributed by atoms with van der Waals surface area (Å²) in [5.41, 5.74) is 0. The number of rotatable bonds is 21. The van der Waals surface area contributed by atoms with Crippen LogP contribution in [0.3, 0.4) is 0 Å². The van der Waals surface area contributed by atoms with E-state index in [9.17, 15) is 4.57 Å². The van der Waals surface area contributed by atoms with Gasteiger partial charge in [0, 0.05) is 6.54 Å². The largest absolute Gasteiger partial charge is 0.469 e. The molecule has 0 radical (unpaired) electrons. The number of aliphatic hydroxyl groups excluding tert-OH is 1. The van der Waals surface area contributed by atoms with E-state index in [1.54, 1.807) is 0 Å². The maximum Gasteiger partial charge on any atom is 0.469 e. The lowest BCUT2D eigenvalue weighted by Crippen LogP contribution is -2.28. The Hall–Kier alpha value is 0.0300. The first-order valence-corrected chi connectivity index (χ1v) is 14.4. The normalized spacial score (nSPS) is 12.6. The molecule has 31 heavy (non-hydrogen) atoms. The molecule has 6 nitrogen and oxygen atoms in total. The number of aliphatic hydroxyl groups is 1. The molecule has 0 aromatic rings. The quantitative estimate of drug-likeness (QED) is 0.131. The minimum absolute atomic E-state index is 0.194. The molecule has 1 unspecified atom stereocenters. The topological polar surface area (TPSA) is 90.2 Å². The molecule has 0 rings (SSSR count). The highest BCUT2D eigenvalue weighted by molar-refractivity contribution is 7.46. The Morgan fingerprint density at radius 3 is 1.68 bits per heavy atom. The van der Waals surface area contributed by atoms with E-state index in [4.69, 9.17) is 14.9 Å². The molecule has 0 aliphatic rings. The summed E-state index contributed by atoms with van der Waals surface area (Å²) in [4.78, 5) is 19.9. The molecule has 0 aliphatic carbocycles. The molecule has 0 aromatic heterocycles. The Labute approximate surface area is 193 Å². The second-order valence-electron chi connectivity index (χ2n) is 8.62. The summed E-state index contributed by atoms with van der Waals surface area (Å²) < 4.78 is 15.4. The van der Waals surface area contributed by atoms with Gasteiger partial charge in [-0.05, 0) is 44.7 Å². The lowest BCUT2D eigenvalue weighted by Gasteiger charge is -2.20. The summed E-state index contributed by atoms with van der Waals surface area (Å²) in [6.45, 7) is 12.4. The van der Waals surface area contributed by atoms with Crippen molar-refractivity contribution >= 4 is 7.82 Å². The van der Waals surface area contributed by atoms with E-state index in [1.165, 1.54) is 57.8 Å². The highest BCUT2D eigenvalue weighted by Gasteiger charge is 2.17. The fourth-order valence-electron chi connectivity index (χ4n) is 3.46. The van der Waals surface area contributed by atoms with Crippen molar-refractivity contribution in [3.63, 3.8) is 0 Å². The maximum atomic E-state index is 10.7. The molecule has 0 fully saturated rings. The van der Waals surface area contributed by atoms with Crippen molar-refractivity contribution in [2.75, 3.05) is 32.8 Å². The Balaban J connectivity index is 0. The molecule has 0 saturated heterocycles. The lowest BCUT2D eigenvalue weighted by atomic mass is 9.96. The fourth-order valence-corrected chi connectivity index (χ4v) is 3.86. The number of unbranched alkanes of at least 4 members (excludes halogenated alkanes) is 8. The van der Waals surface area contributed by atoms with Crippen molar-refractivity contribution in [3.8, 4) is 0 Å². The van der Waals surface area contributed by atoms with E-state index in [-0.39, 0.29) is 6.61 Å². The number of nitrogens with zero attached hydrogens (tertiary/aromatic N) is 1. The lowest BCUT2D eigenvalue weighted by molar-refractivity contribution is 0.157. The number of hydrogen-bond donors (Lipinski definition) is 3. The fraction of sp³-hybridized carbons (Fsp3) is 1.00. The summed E-state index contributed by atoms with van der Waals surface area (Å²) in [7, 11) is -4.31. The van der Waals surface area contributed by atoms with Crippen molar-refractivity contribution in [1.82, 2.24) is 4.90 Å². The van der Waals surface area contributed by atoms with Crippen LogP contribution >= 0.6 is 7.82 Å². The molecule has 0 amide bonds. The molecule has 3 N–H and O–H groups in total. The highest BCUT2D eigenvalue weighted by Crippen LogP contribution is 2.37. The third-order valence-electron chi connectivity index (χ3n) is 5.48. The van der Waals surface area contributed by atoms with Gasteiger partial charge in [0.25, 0.3) is 0 Å². The Kier molecular flexibility index (Phi) is 26.4. The molecule has 0 aliphatic heterocycles. The van der Waals surface area contributed by atoms with Crippen molar-refractivity contribution < 1.29 is 24.0 Å². The van der Waals surface area contributed by atoms with E-state index in [2.05, 4.69) is 37.1 Å². The minimum atomic E-state index is -4.31. The second-order valence-corrected chi connectivity index (χ2v) is 9.86. The Morgan fingerprint density at radius 2 is 1.19 bits per heavy atom. The van der Waals surface area contributed by atoms with Gasteiger partial charge in [-0.3, -0.25) is 4.52 Å². The van der Waals surface area contributed by atoms with Gasteiger partial charge in [-0.2, -0.15) is 0 Å². The van der Waals surface area contributed by atoms with E-state index in [1.807, 2.05) is 0 Å². The molecule has 1 atom stereocenters. The molecule has 0 bridgehead atoms. The van der Waals surface area contributed by atoms with Crippen LogP contribution in [0.1, 0.15) is 118 Å². The van der Waals surface area contributed by atoms with Crippen LogP contribution in [0.5, 0.6) is 0 Å². The van der Waals surface area contributed by atoms with Gasteiger partial charge in [-0.15, -0.1) is 0 Å². The number of hydrogen-bond acceptors (Lipinski definition) is 4. The summed E-state index contributed by atoms with van der Waals surface area (Å²) in [6.07, 6.45) is 16.7. The SMILES string of the molecule is CCCCCCCCC(CCCC)COP(=O)(O)O.CCCCN(CCO)CCCC. The molecule has 190 valence electrons. The molecular weight excluding hydrogens is 413 g/mol. The first kappa shape index (κ1) is 33.2. The van der Waals surface area contributed by atoms with E-state index in [0.717, 1.165) is 51.7 Å². The highest BCUT2D eigenvalue weighted by atomic mass is 31.2. The van der Waals surface area contributed by atoms with Crippen LogP contribution in [-0.4, -0.2) is 52.6 Å². The van der Waals surface area contributed by atoms with Gasteiger partial charge in [0.1, 0.15) is 0 Å². The van der Waals surface area contributed by atoms with Crippen molar-refractivity contribution in [1.29, 1.82) is 0 Å². The van der Waals surface area contributed by atoms with Gasteiger partial charge in [0.15, 0.2) is 0 Å². The van der Waals surface area contributed by atoms with Gasteiger partial charge in [-0.1, -0.05) is 91.9 Å². The van der Waals surface area contributed by atoms with Crippen molar-refractivity contribution in [2.45, 2.75) is 118 Å². The van der Waals surface area contributed by atoms with E-state index in [0.29, 0.717) is 12.5 Å². The van der Waals surface area contributed by atoms with Crippen LogP contribution in [0.15, 0.2) is 0 Å². The molecular formula is C24H54NO5P. The molecule has 0 heterocycles. The van der Waals surface area contributed by atoms with Crippen LogP contribution in [0, 0.1) is 5.92 Å². The first-order chi connectivity index (χ1) is 14.8. The molecule has 7 heteroatoms. The summed E-state index contributed by atoms with van der Waals surface area (Å²) in [5, 5.41) is 8.79. The van der Waals surface area contributed by atoms with Gasteiger partial charge >= 0.3 is 7.82 Å². The third-order valence-corrected chi connectivity index (χ3v) is 5.97. The molecule has 0 spiro atoms. The van der Waals surface area contributed by atoms with Gasteiger partial charge < -0.3 is 19.8 Å². The zero-order chi connectivity index (χ0) is 23.8. The third kappa shape index (κ3) is 28.0. The van der Waals surface area contributed by atoms with Crippen molar-refractivity contribution in [3.05, 3.63) is 0 Å². The maximum absolute atomic E-state index is 10.7. The van der Waals surface area contributed by atoms with E-state index < -0.39 is 7.82 Å². The van der Waals surface area contributed by atoms with Crippen LogP contribution in [-0.2, 0) is 9.09 Å². The second kappa shape index (κ2) is 24.7. The van der Waals surface area contributed by atoms with Gasteiger partial charge in [-0.25, -0.2) is 4.57 Å². The Morgan fingerprint density at radius 1 is 0.710 bits per heavy atom. The summed E-state index contributed by atoms with van der Waals surface area (Å²) >= 11 is 0. The van der Waals surface area contributed by atoms with Gasteiger partial charge in [0.2, 0.25) is 0 Å². The van der Waals surface area contributed by atoms with Crippen LogP contribution in [0.2, 0.25) is 0 Å². The van der Waals surface area contributed by atoms with Gasteiger partial charge in [0.05, 0.1) is 13.2 Å². The van der Waals surface area contributed by atoms with Crippen LogP contribution in [0.4, 0.5) is 0 Å². The predicted octanol–water partition coefficient (Wildman–Crippen LogP) is 6.53. The number of phosphoric acid groups is 1. The van der Waals surface area contributed by atoms with Crippen LogP contribution < -0.4 is 0 Å². The monoisotopic (exact) mass is 467 g/mol. The average molecular weight is 468 g/mol. The zero-order valence-electron chi connectivity index (χ0n) is 21.1. The predicted molar refractivity (Wildman–Crippen MR) is 132 cm³/mol. The first-order valence-electron chi connectivity index (χ1n) is 12.9. The molecule has 0 aromatic carbocycles. The number of phosphoric ester groups is 1. The zero-order valence-corrected chi connectivity index (χ0v) is 22.0. The smallest absolute Gasteiger partial charge is 0.395 e. The van der Waals surface area contributed by atoms with Crippen molar-refractivity contribution in [2.24, 2.45) is 5.92 Å². The standard InChI is InChI=1S/C14H31O4P.C10H23NO/c1-3-5-7-8-9-10-12-14(11-6-4-2)13-18-19(15,16)17;1-3-5-7-11(9-10-12)8-6-4-2/h14H,3-13H2,1-2H3,(H2,15,16,17);12H,3-10H2,1-2H3.